The van der Waals surface area contributed by atoms with Crippen molar-refractivity contribution in [1.29, 1.82) is 0 Å². The molecule has 0 saturated carbocycles. The lowest BCUT2D eigenvalue weighted by molar-refractivity contribution is 0.188. The van der Waals surface area contributed by atoms with Crippen molar-refractivity contribution in [2.45, 2.75) is 0 Å². The molecule has 1 aliphatic rings. The second kappa shape index (κ2) is 6.31. The summed E-state index contributed by atoms with van der Waals surface area (Å²) in [5, 5.41) is 12.0. The Bertz CT molecular complexity index is 395. The summed E-state index contributed by atoms with van der Waals surface area (Å²) in [5.74, 6) is 1.73. The van der Waals surface area contributed by atoms with Crippen molar-refractivity contribution in [3.63, 3.8) is 0 Å². The van der Waals surface area contributed by atoms with Gasteiger partial charge in [0, 0.05) is 39.8 Å². The van der Waals surface area contributed by atoms with Crippen LogP contribution in [0.5, 0.6) is 0 Å². The maximum atomic E-state index is 8.92. The number of rotatable bonds is 4. The molecule has 0 bridgehead atoms. The van der Waals surface area contributed by atoms with Gasteiger partial charge in [-0.3, -0.25) is 4.90 Å². The third-order valence-electron chi connectivity index (χ3n) is 3.10. The molecular formula is C11H18BrN5O. The first-order valence-electron chi connectivity index (χ1n) is 6.02. The Balaban J connectivity index is 2.05. The number of hydrogen-bond donors (Lipinski definition) is 2. The molecular weight excluding hydrogens is 298 g/mol. The van der Waals surface area contributed by atoms with Crippen LogP contribution in [-0.4, -0.2) is 66.4 Å². The Kier molecular flexibility index (Phi) is 4.73. The third-order valence-corrected chi connectivity index (χ3v) is 3.83. The Morgan fingerprint density at radius 2 is 2.06 bits per heavy atom. The summed E-state index contributed by atoms with van der Waals surface area (Å²) in [4.78, 5) is 13.0. The van der Waals surface area contributed by atoms with Crippen molar-refractivity contribution in [3.05, 3.63) is 10.8 Å². The molecule has 0 aliphatic carbocycles. The predicted molar refractivity (Wildman–Crippen MR) is 75.0 cm³/mol. The van der Waals surface area contributed by atoms with E-state index in [0.29, 0.717) is 0 Å². The lowest BCUT2D eigenvalue weighted by Gasteiger charge is -2.35. The highest BCUT2D eigenvalue weighted by Gasteiger charge is 2.20. The standard InChI is InChI=1S/C11H18BrN5O/c1-13-10-9(12)11(15-8-14-10)17-4-2-16(3-5-17)6-7-18/h8,18H,2-7H2,1H3,(H,13,14,15). The van der Waals surface area contributed by atoms with Gasteiger partial charge in [0.25, 0.3) is 0 Å². The van der Waals surface area contributed by atoms with Gasteiger partial charge in [-0.25, -0.2) is 9.97 Å². The monoisotopic (exact) mass is 315 g/mol. The van der Waals surface area contributed by atoms with Gasteiger partial charge in [0.15, 0.2) is 0 Å². The van der Waals surface area contributed by atoms with E-state index in [9.17, 15) is 0 Å². The number of nitrogens with one attached hydrogen (secondary N) is 1. The highest BCUT2D eigenvalue weighted by Crippen LogP contribution is 2.29. The van der Waals surface area contributed by atoms with Crippen molar-refractivity contribution < 1.29 is 5.11 Å². The van der Waals surface area contributed by atoms with Gasteiger partial charge >= 0.3 is 0 Å². The topological polar surface area (TPSA) is 64.5 Å². The number of piperazine rings is 1. The molecule has 1 fully saturated rings. The highest BCUT2D eigenvalue weighted by molar-refractivity contribution is 9.10. The molecule has 2 rings (SSSR count). The molecule has 0 aromatic carbocycles. The van der Waals surface area contributed by atoms with Crippen molar-refractivity contribution >= 4 is 27.6 Å². The molecule has 0 radical (unpaired) electrons. The Morgan fingerprint density at radius 3 is 2.67 bits per heavy atom. The molecule has 1 aliphatic heterocycles. The predicted octanol–water partition coefficient (Wildman–Crippen LogP) is 0.395. The number of aromatic nitrogens is 2. The van der Waals surface area contributed by atoms with Crippen LogP contribution in [0.4, 0.5) is 11.6 Å². The Labute approximate surface area is 115 Å². The molecule has 18 heavy (non-hydrogen) atoms. The largest absolute Gasteiger partial charge is 0.395 e. The molecule has 2 N–H and O–H groups in total. The van der Waals surface area contributed by atoms with Crippen LogP contribution >= 0.6 is 15.9 Å². The minimum atomic E-state index is 0.223. The quantitative estimate of drug-likeness (QED) is 0.838. The van der Waals surface area contributed by atoms with Gasteiger partial charge in [0.1, 0.15) is 22.4 Å². The number of hydrogen-bond acceptors (Lipinski definition) is 6. The Hall–Kier alpha value is -0.920. The summed E-state index contributed by atoms with van der Waals surface area (Å²) in [6.07, 6.45) is 1.58. The number of β-amino-alcohol motifs (C(OH)–C–C–N with tert-alkyl or cyclic N) is 1. The summed E-state index contributed by atoms with van der Waals surface area (Å²) < 4.78 is 0.906. The average molecular weight is 316 g/mol. The molecule has 0 atom stereocenters. The highest BCUT2D eigenvalue weighted by atomic mass is 79.9. The van der Waals surface area contributed by atoms with E-state index < -0.39 is 0 Å². The number of aliphatic hydroxyl groups is 1. The van der Waals surface area contributed by atoms with Crippen LogP contribution in [0, 0.1) is 0 Å². The van der Waals surface area contributed by atoms with E-state index in [1.54, 1.807) is 6.33 Å². The summed E-state index contributed by atoms with van der Waals surface area (Å²) in [7, 11) is 1.84. The average Bonchev–Trinajstić information content (AvgIpc) is 2.41. The van der Waals surface area contributed by atoms with Gasteiger partial charge in [0.05, 0.1) is 6.61 Å². The molecule has 0 amide bonds. The summed E-state index contributed by atoms with van der Waals surface area (Å²) in [6.45, 7) is 4.71. The Morgan fingerprint density at radius 1 is 1.33 bits per heavy atom. The van der Waals surface area contributed by atoms with Crippen LogP contribution in [0.2, 0.25) is 0 Å². The van der Waals surface area contributed by atoms with E-state index in [-0.39, 0.29) is 6.61 Å². The van der Waals surface area contributed by atoms with E-state index in [1.807, 2.05) is 7.05 Å². The number of nitrogens with zero attached hydrogens (tertiary/aromatic N) is 4. The fraction of sp³-hybridized carbons (Fsp3) is 0.636. The molecule has 6 nitrogen and oxygen atoms in total. The van der Waals surface area contributed by atoms with E-state index in [0.717, 1.165) is 48.8 Å². The number of halogens is 1. The van der Waals surface area contributed by atoms with Gasteiger partial charge in [-0.05, 0) is 15.9 Å². The van der Waals surface area contributed by atoms with Crippen molar-refractivity contribution in [1.82, 2.24) is 14.9 Å². The SMILES string of the molecule is CNc1ncnc(N2CCN(CCO)CC2)c1Br. The molecule has 2 heterocycles. The van der Waals surface area contributed by atoms with Crippen molar-refractivity contribution in [3.8, 4) is 0 Å². The van der Waals surface area contributed by atoms with Crippen LogP contribution < -0.4 is 10.2 Å². The second-order valence-electron chi connectivity index (χ2n) is 4.16. The van der Waals surface area contributed by atoms with Gasteiger partial charge in [0.2, 0.25) is 0 Å². The molecule has 0 unspecified atom stereocenters. The zero-order chi connectivity index (χ0) is 13.0. The summed E-state index contributed by atoms with van der Waals surface area (Å²) in [6, 6.07) is 0. The normalized spacial score (nSPS) is 16.9. The second-order valence-corrected chi connectivity index (χ2v) is 4.96. The lowest BCUT2D eigenvalue weighted by Crippen LogP contribution is -2.47. The van der Waals surface area contributed by atoms with E-state index in [1.165, 1.54) is 0 Å². The number of anilines is 2. The first kappa shape index (κ1) is 13.5. The molecule has 7 heteroatoms. The molecule has 1 aromatic rings. The first-order valence-corrected chi connectivity index (χ1v) is 6.82. The van der Waals surface area contributed by atoms with Crippen molar-refractivity contribution in [2.75, 3.05) is 56.6 Å². The zero-order valence-corrected chi connectivity index (χ0v) is 12.0. The van der Waals surface area contributed by atoms with E-state index in [2.05, 4.69) is 41.0 Å². The van der Waals surface area contributed by atoms with E-state index in [4.69, 9.17) is 5.11 Å². The van der Waals surface area contributed by atoms with Gasteiger partial charge in [-0.15, -0.1) is 0 Å². The van der Waals surface area contributed by atoms with Gasteiger partial charge in [-0.1, -0.05) is 0 Å². The molecule has 1 saturated heterocycles. The zero-order valence-electron chi connectivity index (χ0n) is 10.4. The smallest absolute Gasteiger partial charge is 0.148 e. The number of aliphatic hydroxyl groups excluding tert-OH is 1. The first-order chi connectivity index (χ1) is 8.76. The fourth-order valence-corrected chi connectivity index (χ4v) is 2.73. The van der Waals surface area contributed by atoms with E-state index >= 15 is 0 Å². The lowest BCUT2D eigenvalue weighted by atomic mass is 10.3. The fourth-order valence-electron chi connectivity index (χ4n) is 2.08. The minimum Gasteiger partial charge on any atom is -0.395 e. The van der Waals surface area contributed by atoms with Crippen LogP contribution in [-0.2, 0) is 0 Å². The van der Waals surface area contributed by atoms with Crippen LogP contribution in [0.15, 0.2) is 10.8 Å². The molecule has 1 aromatic heterocycles. The molecule has 0 spiro atoms. The third kappa shape index (κ3) is 2.90. The summed E-state index contributed by atoms with van der Waals surface area (Å²) in [5.41, 5.74) is 0. The molecule has 100 valence electrons. The van der Waals surface area contributed by atoms with Crippen molar-refractivity contribution in [2.24, 2.45) is 0 Å². The van der Waals surface area contributed by atoms with Gasteiger partial charge < -0.3 is 15.3 Å². The minimum absolute atomic E-state index is 0.223. The van der Waals surface area contributed by atoms with Crippen LogP contribution in [0.25, 0.3) is 0 Å². The van der Waals surface area contributed by atoms with Crippen LogP contribution in [0.1, 0.15) is 0 Å². The van der Waals surface area contributed by atoms with Crippen LogP contribution in [0.3, 0.4) is 0 Å². The van der Waals surface area contributed by atoms with Gasteiger partial charge in [-0.2, -0.15) is 0 Å². The summed E-state index contributed by atoms with van der Waals surface area (Å²) >= 11 is 3.54. The maximum absolute atomic E-state index is 8.92. The maximum Gasteiger partial charge on any atom is 0.148 e.